The number of hydrogen-bond acceptors (Lipinski definition) is 5. The lowest BCUT2D eigenvalue weighted by Crippen LogP contribution is -2.51. The fourth-order valence-electron chi connectivity index (χ4n) is 3.74. The second-order valence-corrected chi connectivity index (χ2v) is 7.10. The van der Waals surface area contributed by atoms with E-state index in [-0.39, 0.29) is 5.91 Å². The SMILES string of the molecule is Cc1cc(C)c(C#N)c(N2CCN(CC(=O)N3CCCCC3)CC2)n1. The maximum Gasteiger partial charge on any atom is 0.236 e. The summed E-state index contributed by atoms with van der Waals surface area (Å²) >= 11 is 0. The van der Waals surface area contributed by atoms with E-state index in [4.69, 9.17) is 0 Å². The third-order valence-corrected chi connectivity index (χ3v) is 5.18. The van der Waals surface area contributed by atoms with Gasteiger partial charge in [-0.1, -0.05) is 0 Å². The van der Waals surface area contributed by atoms with E-state index in [2.05, 4.69) is 20.9 Å². The number of piperidine rings is 1. The number of anilines is 1. The monoisotopic (exact) mass is 341 g/mol. The largest absolute Gasteiger partial charge is 0.353 e. The van der Waals surface area contributed by atoms with E-state index in [1.165, 1.54) is 6.42 Å². The number of aryl methyl sites for hydroxylation is 2. The van der Waals surface area contributed by atoms with Crippen molar-refractivity contribution in [2.24, 2.45) is 0 Å². The highest BCUT2D eigenvalue weighted by Gasteiger charge is 2.25. The Balaban J connectivity index is 1.59. The summed E-state index contributed by atoms with van der Waals surface area (Å²) in [5.41, 5.74) is 2.59. The molecule has 0 aliphatic carbocycles. The molecule has 134 valence electrons. The lowest BCUT2D eigenvalue weighted by Gasteiger charge is -2.37. The van der Waals surface area contributed by atoms with Crippen molar-refractivity contribution in [2.75, 3.05) is 50.7 Å². The van der Waals surface area contributed by atoms with E-state index in [0.717, 1.165) is 69.2 Å². The van der Waals surface area contributed by atoms with Gasteiger partial charge >= 0.3 is 0 Å². The van der Waals surface area contributed by atoms with Crippen molar-refractivity contribution < 1.29 is 4.79 Å². The first-order valence-corrected chi connectivity index (χ1v) is 9.22. The van der Waals surface area contributed by atoms with Gasteiger partial charge in [-0.15, -0.1) is 0 Å². The van der Waals surface area contributed by atoms with Crippen molar-refractivity contribution >= 4 is 11.7 Å². The van der Waals surface area contributed by atoms with Gasteiger partial charge in [0.1, 0.15) is 11.9 Å². The molecule has 2 aliphatic rings. The van der Waals surface area contributed by atoms with Gasteiger partial charge in [-0.25, -0.2) is 4.98 Å². The van der Waals surface area contributed by atoms with Crippen LogP contribution in [-0.4, -0.2) is 66.5 Å². The lowest BCUT2D eigenvalue weighted by atomic mass is 10.1. The Morgan fingerprint density at radius 3 is 2.44 bits per heavy atom. The average molecular weight is 341 g/mol. The molecule has 0 radical (unpaired) electrons. The summed E-state index contributed by atoms with van der Waals surface area (Å²) in [6.07, 6.45) is 3.51. The zero-order valence-electron chi connectivity index (χ0n) is 15.3. The molecule has 6 nitrogen and oxygen atoms in total. The second kappa shape index (κ2) is 7.83. The van der Waals surface area contributed by atoms with Crippen molar-refractivity contribution in [1.29, 1.82) is 5.26 Å². The van der Waals surface area contributed by atoms with Crippen LogP contribution in [0.1, 0.15) is 36.1 Å². The molecule has 0 N–H and O–H groups in total. The summed E-state index contributed by atoms with van der Waals surface area (Å²) in [5, 5.41) is 9.46. The van der Waals surface area contributed by atoms with Crippen LogP contribution >= 0.6 is 0 Å². The van der Waals surface area contributed by atoms with Crippen LogP contribution in [0.2, 0.25) is 0 Å². The fourth-order valence-corrected chi connectivity index (χ4v) is 3.74. The maximum absolute atomic E-state index is 12.4. The van der Waals surface area contributed by atoms with Gasteiger partial charge in [0.2, 0.25) is 5.91 Å². The standard InChI is InChI=1S/C19H27N5O/c1-15-12-16(2)21-19(17(15)13-20)24-10-8-22(9-11-24)14-18(25)23-6-4-3-5-7-23/h12H,3-11,14H2,1-2H3. The van der Waals surface area contributed by atoms with Crippen molar-refractivity contribution in [1.82, 2.24) is 14.8 Å². The minimum Gasteiger partial charge on any atom is -0.353 e. The van der Waals surface area contributed by atoms with Gasteiger partial charge in [-0.05, 0) is 44.7 Å². The number of amides is 1. The summed E-state index contributed by atoms with van der Waals surface area (Å²) in [4.78, 5) is 23.4. The molecule has 1 aromatic rings. The quantitative estimate of drug-likeness (QED) is 0.837. The molecule has 0 saturated carbocycles. The van der Waals surface area contributed by atoms with Crippen LogP contribution in [0.4, 0.5) is 5.82 Å². The fraction of sp³-hybridized carbons (Fsp3) is 0.632. The highest BCUT2D eigenvalue weighted by Crippen LogP contribution is 2.23. The first-order valence-electron chi connectivity index (χ1n) is 9.22. The van der Waals surface area contributed by atoms with Crippen LogP contribution in [0.25, 0.3) is 0 Å². The number of rotatable bonds is 3. The zero-order chi connectivity index (χ0) is 17.8. The second-order valence-electron chi connectivity index (χ2n) is 7.10. The molecule has 0 bridgehead atoms. The van der Waals surface area contributed by atoms with Gasteiger partial charge < -0.3 is 9.80 Å². The Kier molecular flexibility index (Phi) is 5.54. The molecule has 0 atom stereocenters. The molecule has 0 aromatic carbocycles. The van der Waals surface area contributed by atoms with Crippen LogP contribution in [0.15, 0.2) is 6.07 Å². The molecule has 2 fully saturated rings. The molecule has 0 spiro atoms. The van der Waals surface area contributed by atoms with Crippen molar-refractivity contribution in [3.05, 3.63) is 22.9 Å². The number of likely N-dealkylation sites (tertiary alicyclic amines) is 1. The Bertz CT molecular complexity index is 667. The number of piperazine rings is 1. The van der Waals surface area contributed by atoms with Gasteiger partial charge in [-0.2, -0.15) is 5.26 Å². The van der Waals surface area contributed by atoms with Gasteiger partial charge in [0, 0.05) is 45.0 Å². The summed E-state index contributed by atoms with van der Waals surface area (Å²) in [6, 6.07) is 4.25. The third-order valence-electron chi connectivity index (χ3n) is 5.18. The van der Waals surface area contributed by atoms with Crippen LogP contribution in [-0.2, 0) is 4.79 Å². The van der Waals surface area contributed by atoms with Crippen molar-refractivity contribution in [2.45, 2.75) is 33.1 Å². The summed E-state index contributed by atoms with van der Waals surface area (Å²) in [6.45, 7) is 9.54. The van der Waals surface area contributed by atoms with Gasteiger partial charge in [0.05, 0.1) is 12.1 Å². The predicted octanol–water partition coefficient (Wildman–Crippen LogP) is 1.70. The first-order chi connectivity index (χ1) is 12.1. The van der Waals surface area contributed by atoms with E-state index in [1.807, 2.05) is 24.8 Å². The number of hydrogen-bond donors (Lipinski definition) is 0. The number of nitriles is 1. The minimum absolute atomic E-state index is 0.260. The number of carbonyl (C=O) groups excluding carboxylic acids is 1. The van der Waals surface area contributed by atoms with Gasteiger partial charge in [0.25, 0.3) is 0 Å². The van der Waals surface area contributed by atoms with Crippen LogP contribution < -0.4 is 4.90 Å². The van der Waals surface area contributed by atoms with E-state index in [9.17, 15) is 10.1 Å². The maximum atomic E-state index is 12.4. The normalized spacial score (nSPS) is 18.9. The van der Waals surface area contributed by atoms with E-state index in [1.54, 1.807) is 0 Å². The summed E-state index contributed by atoms with van der Waals surface area (Å²) < 4.78 is 0. The van der Waals surface area contributed by atoms with E-state index in [0.29, 0.717) is 12.1 Å². The highest BCUT2D eigenvalue weighted by molar-refractivity contribution is 5.78. The molecular formula is C19H27N5O. The Labute approximate surface area is 150 Å². The summed E-state index contributed by atoms with van der Waals surface area (Å²) in [7, 11) is 0. The van der Waals surface area contributed by atoms with Crippen molar-refractivity contribution in [3.8, 4) is 6.07 Å². The Hall–Kier alpha value is -2.13. The highest BCUT2D eigenvalue weighted by atomic mass is 16.2. The predicted molar refractivity (Wildman–Crippen MR) is 97.5 cm³/mol. The number of carbonyl (C=O) groups is 1. The zero-order valence-corrected chi connectivity index (χ0v) is 15.3. The van der Waals surface area contributed by atoms with Crippen LogP contribution in [0, 0.1) is 25.2 Å². The molecule has 2 aliphatic heterocycles. The number of nitrogens with zero attached hydrogens (tertiary/aromatic N) is 5. The molecule has 2 saturated heterocycles. The van der Waals surface area contributed by atoms with Gasteiger partial charge in [-0.3, -0.25) is 9.69 Å². The number of pyridine rings is 1. The lowest BCUT2D eigenvalue weighted by molar-refractivity contribution is -0.133. The molecule has 3 heterocycles. The van der Waals surface area contributed by atoms with Gasteiger partial charge in [0.15, 0.2) is 0 Å². The molecule has 1 aromatic heterocycles. The van der Waals surface area contributed by atoms with Crippen LogP contribution in [0.5, 0.6) is 0 Å². The molecule has 0 unspecified atom stereocenters. The first kappa shape index (κ1) is 17.7. The third kappa shape index (κ3) is 4.10. The van der Waals surface area contributed by atoms with E-state index >= 15 is 0 Å². The molecule has 25 heavy (non-hydrogen) atoms. The molecular weight excluding hydrogens is 314 g/mol. The Morgan fingerprint density at radius 2 is 1.80 bits per heavy atom. The van der Waals surface area contributed by atoms with Crippen LogP contribution in [0.3, 0.4) is 0 Å². The smallest absolute Gasteiger partial charge is 0.236 e. The average Bonchev–Trinajstić information content (AvgIpc) is 2.62. The van der Waals surface area contributed by atoms with Crippen molar-refractivity contribution in [3.63, 3.8) is 0 Å². The topological polar surface area (TPSA) is 63.5 Å². The molecule has 1 amide bonds. The molecule has 3 rings (SSSR count). The van der Waals surface area contributed by atoms with E-state index < -0.39 is 0 Å². The summed E-state index contributed by atoms with van der Waals surface area (Å²) in [5.74, 6) is 1.05. The Morgan fingerprint density at radius 1 is 1.12 bits per heavy atom. The molecule has 6 heteroatoms. The number of aromatic nitrogens is 1. The minimum atomic E-state index is 0.260.